The van der Waals surface area contributed by atoms with E-state index >= 15 is 0 Å². The molecule has 6 nitrogen and oxygen atoms in total. The standard InChI is InChI=1S/C28H28O6/c1-20(34-27(21-10-5-3-6-11-21)22-12-7-4-8-13-22)16-31-17-23-18-33-28-24(23)14-9-15-25(28)32-19-26(29)30-2/h3-15,18,20,27H,16-17,19H2,1-2H3. The molecular weight excluding hydrogens is 432 g/mol. The number of para-hydroxylation sites is 1. The van der Waals surface area contributed by atoms with Gasteiger partial charge in [-0.2, -0.15) is 0 Å². The first-order valence-corrected chi connectivity index (χ1v) is 11.2. The zero-order chi connectivity index (χ0) is 23.8. The lowest BCUT2D eigenvalue weighted by molar-refractivity contribution is -0.142. The van der Waals surface area contributed by atoms with Crippen molar-refractivity contribution in [3.05, 3.63) is 102 Å². The van der Waals surface area contributed by atoms with E-state index in [2.05, 4.69) is 29.0 Å². The first-order chi connectivity index (χ1) is 16.7. The van der Waals surface area contributed by atoms with Crippen LogP contribution in [0.15, 0.2) is 89.5 Å². The zero-order valence-corrected chi connectivity index (χ0v) is 19.3. The maximum absolute atomic E-state index is 11.4. The Bertz CT molecular complexity index is 1150. The van der Waals surface area contributed by atoms with Gasteiger partial charge in [0.1, 0.15) is 6.10 Å². The Hall–Kier alpha value is -3.61. The maximum Gasteiger partial charge on any atom is 0.343 e. The van der Waals surface area contributed by atoms with Crippen LogP contribution in [0.3, 0.4) is 0 Å². The van der Waals surface area contributed by atoms with Gasteiger partial charge in [-0.1, -0.05) is 72.8 Å². The molecule has 34 heavy (non-hydrogen) atoms. The summed E-state index contributed by atoms with van der Waals surface area (Å²) in [6.07, 6.45) is 1.34. The van der Waals surface area contributed by atoms with E-state index in [0.29, 0.717) is 24.5 Å². The lowest BCUT2D eigenvalue weighted by Gasteiger charge is -2.23. The molecule has 1 heterocycles. The summed E-state index contributed by atoms with van der Waals surface area (Å²) >= 11 is 0. The lowest BCUT2D eigenvalue weighted by atomic mass is 10.0. The van der Waals surface area contributed by atoms with Crippen LogP contribution in [-0.2, 0) is 25.6 Å². The lowest BCUT2D eigenvalue weighted by Crippen LogP contribution is -2.20. The summed E-state index contributed by atoms with van der Waals surface area (Å²) in [6, 6.07) is 25.9. The summed E-state index contributed by atoms with van der Waals surface area (Å²) in [5, 5.41) is 0.877. The predicted octanol–water partition coefficient (Wildman–Crippen LogP) is 5.70. The minimum absolute atomic E-state index is 0.137. The van der Waals surface area contributed by atoms with Crippen molar-refractivity contribution in [1.29, 1.82) is 0 Å². The highest BCUT2D eigenvalue weighted by molar-refractivity contribution is 5.86. The fraction of sp³-hybridized carbons (Fsp3) is 0.250. The van der Waals surface area contributed by atoms with E-state index in [4.69, 9.17) is 18.6 Å². The van der Waals surface area contributed by atoms with Gasteiger partial charge in [-0.3, -0.25) is 0 Å². The van der Waals surface area contributed by atoms with Crippen molar-refractivity contribution in [3.63, 3.8) is 0 Å². The van der Waals surface area contributed by atoms with Crippen molar-refractivity contribution < 1.29 is 28.2 Å². The van der Waals surface area contributed by atoms with Gasteiger partial charge in [-0.25, -0.2) is 4.79 Å². The van der Waals surface area contributed by atoms with Crippen LogP contribution in [0.1, 0.15) is 29.7 Å². The highest BCUT2D eigenvalue weighted by Gasteiger charge is 2.18. The molecule has 0 radical (unpaired) electrons. The number of rotatable bonds is 11. The zero-order valence-electron chi connectivity index (χ0n) is 19.3. The van der Waals surface area contributed by atoms with Crippen molar-refractivity contribution in [2.75, 3.05) is 20.3 Å². The van der Waals surface area contributed by atoms with Crippen LogP contribution >= 0.6 is 0 Å². The summed E-state index contributed by atoms with van der Waals surface area (Å²) in [5.41, 5.74) is 3.66. The number of hydrogen-bond acceptors (Lipinski definition) is 6. The molecule has 1 aromatic heterocycles. The second-order valence-electron chi connectivity index (χ2n) is 7.92. The third-order valence-corrected chi connectivity index (χ3v) is 5.40. The Morgan fingerprint density at radius 1 is 0.912 bits per heavy atom. The molecule has 6 heteroatoms. The number of esters is 1. The molecule has 1 atom stereocenters. The van der Waals surface area contributed by atoms with Crippen molar-refractivity contribution in [3.8, 4) is 5.75 Å². The van der Waals surface area contributed by atoms with Gasteiger partial charge in [0.25, 0.3) is 0 Å². The average Bonchev–Trinajstić information content (AvgIpc) is 3.30. The van der Waals surface area contributed by atoms with E-state index in [1.807, 2.05) is 55.5 Å². The first kappa shape index (κ1) is 23.5. The SMILES string of the molecule is COC(=O)COc1cccc2c(COCC(C)OC(c3ccccc3)c3ccccc3)coc12. The number of fused-ring (bicyclic) bond motifs is 1. The molecule has 0 N–H and O–H groups in total. The average molecular weight is 461 g/mol. The van der Waals surface area contributed by atoms with E-state index < -0.39 is 5.97 Å². The van der Waals surface area contributed by atoms with Gasteiger partial charge in [0.15, 0.2) is 17.9 Å². The molecular formula is C28H28O6. The summed E-state index contributed by atoms with van der Waals surface area (Å²) in [6.45, 7) is 2.61. The highest BCUT2D eigenvalue weighted by atomic mass is 16.6. The van der Waals surface area contributed by atoms with Gasteiger partial charge in [0, 0.05) is 10.9 Å². The van der Waals surface area contributed by atoms with E-state index in [1.54, 1.807) is 12.3 Å². The van der Waals surface area contributed by atoms with Crippen molar-refractivity contribution in [1.82, 2.24) is 0 Å². The molecule has 0 saturated carbocycles. The first-order valence-electron chi connectivity index (χ1n) is 11.2. The molecule has 0 bridgehead atoms. The van der Waals surface area contributed by atoms with E-state index in [1.165, 1.54) is 7.11 Å². The largest absolute Gasteiger partial charge is 0.478 e. The van der Waals surface area contributed by atoms with Crippen LogP contribution in [0, 0.1) is 0 Å². The minimum atomic E-state index is -0.453. The molecule has 0 fully saturated rings. The minimum Gasteiger partial charge on any atom is -0.478 e. The summed E-state index contributed by atoms with van der Waals surface area (Å²) in [4.78, 5) is 11.4. The number of carbonyl (C=O) groups is 1. The normalized spacial score (nSPS) is 12.1. The second kappa shape index (κ2) is 11.5. The molecule has 176 valence electrons. The Labute approximate surface area is 199 Å². The van der Waals surface area contributed by atoms with Gasteiger partial charge in [0.05, 0.1) is 32.7 Å². The number of ether oxygens (including phenoxy) is 4. The van der Waals surface area contributed by atoms with Crippen LogP contribution in [0.2, 0.25) is 0 Å². The van der Waals surface area contributed by atoms with Crippen LogP contribution in [0.25, 0.3) is 11.0 Å². The molecule has 0 aliphatic heterocycles. The van der Waals surface area contributed by atoms with E-state index in [-0.39, 0.29) is 18.8 Å². The molecule has 3 aromatic carbocycles. The third-order valence-electron chi connectivity index (χ3n) is 5.40. The molecule has 0 aliphatic carbocycles. The van der Waals surface area contributed by atoms with Gasteiger partial charge in [-0.15, -0.1) is 0 Å². The molecule has 1 unspecified atom stereocenters. The van der Waals surface area contributed by atoms with Crippen LogP contribution in [0.4, 0.5) is 0 Å². The topological polar surface area (TPSA) is 67.1 Å². The number of methoxy groups -OCH3 is 1. The van der Waals surface area contributed by atoms with E-state index in [0.717, 1.165) is 22.1 Å². The smallest absolute Gasteiger partial charge is 0.343 e. The van der Waals surface area contributed by atoms with Gasteiger partial charge < -0.3 is 23.4 Å². The third kappa shape index (κ3) is 5.84. The van der Waals surface area contributed by atoms with Gasteiger partial charge in [0.2, 0.25) is 0 Å². The maximum atomic E-state index is 11.4. The van der Waals surface area contributed by atoms with Crippen molar-refractivity contribution >= 4 is 16.9 Å². The molecule has 0 saturated heterocycles. The quantitative estimate of drug-likeness (QED) is 0.268. The van der Waals surface area contributed by atoms with Crippen molar-refractivity contribution in [2.24, 2.45) is 0 Å². The van der Waals surface area contributed by atoms with Crippen molar-refractivity contribution in [2.45, 2.75) is 25.7 Å². The summed E-state index contributed by atoms with van der Waals surface area (Å²) < 4.78 is 28.2. The van der Waals surface area contributed by atoms with Crippen LogP contribution in [-0.4, -0.2) is 32.4 Å². The number of hydrogen-bond donors (Lipinski definition) is 0. The fourth-order valence-corrected chi connectivity index (χ4v) is 3.72. The Morgan fingerprint density at radius 3 is 2.24 bits per heavy atom. The number of carbonyl (C=O) groups excluding carboxylic acids is 1. The molecule has 4 rings (SSSR count). The van der Waals surface area contributed by atoms with Gasteiger partial charge in [-0.05, 0) is 24.1 Å². The highest BCUT2D eigenvalue weighted by Crippen LogP contribution is 2.31. The molecule has 0 spiro atoms. The van der Waals surface area contributed by atoms with E-state index in [9.17, 15) is 4.79 Å². The Morgan fingerprint density at radius 2 is 1.59 bits per heavy atom. The summed E-state index contributed by atoms with van der Waals surface area (Å²) in [5.74, 6) is 0.0322. The number of furan rings is 1. The van der Waals surface area contributed by atoms with Crippen LogP contribution in [0.5, 0.6) is 5.75 Å². The number of benzene rings is 3. The second-order valence-corrected chi connectivity index (χ2v) is 7.92. The molecule has 0 aliphatic rings. The monoisotopic (exact) mass is 460 g/mol. The summed E-state index contributed by atoms with van der Waals surface area (Å²) in [7, 11) is 1.32. The van der Waals surface area contributed by atoms with Crippen LogP contribution < -0.4 is 4.74 Å². The molecule has 4 aromatic rings. The predicted molar refractivity (Wildman–Crippen MR) is 129 cm³/mol. The van der Waals surface area contributed by atoms with Gasteiger partial charge >= 0.3 is 5.97 Å². The molecule has 0 amide bonds. The Kier molecular flexibility index (Phi) is 7.96. The Balaban J connectivity index is 1.38. The fourth-order valence-electron chi connectivity index (χ4n) is 3.72.